The smallest absolute Gasteiger partial charge is 0.325 e. The van der Waals surface area contributed by atoms with Gasteiger partial charge in [0.1, 0.15) is 5.84 Å². The van der Waals surface area contributed by atoms with Crippen molar-refractivity contribution in [2.24, 2.45) is 4.99 Å². The summed E-state index contributed by atoms with van der Waals surface area (Å²) in [7, 11) is 1.70. The number of amidine groups is 1. The third kappa shape index (κ3) is 4.60. The Labute approximate surface area is 204 Å². The van der Waals surface area contributed by atoms with Gasteiger partial charge in [0.15, 0.2) is 12.2 Å². The van der Waals surface area contributed by atoms with Gasteiger partial charge in [-0.3, -0.25) is 15.0 Å². The molecule has 0 radical (unpaired) electrons. The number of nitrogens with one attached hydrogen (secondary N) is 1. The number of anilines is 1. The predicted octanol–water partition coefficient (Wildman–Crippen LogP) is 2.30. The van der Waals surface area contributed by atoms with Gasteiger partial charge in [-0.1, -0.05) is 48.0 Å². The maximum absolute atomic E-state index is 12.8. The Morgan fingerprint density at radius 1 is 1.03 bits per heavy atom. The van der Waals surface area contributed by atoms with Gasteiger partial charge in [-0.15, -0.1) is 0 Å². The number of rotatable bonds is 6. The summed E-state index contributed by atoms with van der Waals surface area (Å²) in [6.45, 7) is 4.87. The number of likely N-dealkylation sites (N-methyl/N-ethyl adjacent to an activating group) is 1. The first kappa shape index (κ1) is 22.7. The number of hydrogen-bond acceptors (Lipinski definition) is 6. The SMILES string of the molecule is CN1C(=O)NC(=O)C2C1N=C(CN1CCN(c3cccc(Cl)c3)CC1)N2CCc1ccccc1. The number of urea groups is 1. The number of piperazine rings is 1. The number of halogens is 1. The molecule has 2 aromatic rings. The maximum atomic E-state index is 12.8. The van der Waals surface area contributed by atoms with Crippen LogP contribution >= 0.6 is 11.6 Å². The first-order chi connectivity index (χ1) is 16.5. The molecule has 1 N–H and O–H groups in total. The van der Waals surface area contributed by atoms with Crippen LogP contribution in [-0.4, -0.2) is 91.0 Å². The van der Waals surface area contributed by atoms with Crippen LogP contribution in [0.1, 0.15) is 5.56 Å². The Kier molecular flexibility index (Phi) is 6.43. The topological polar surface area (TPSA) is 71.5 Å². The standard InChI is InChI=1S/C25H29ClN6O2/c1-29-23-22(24(33)28-25(29)34)32(11-10-18-6-3-2-4-7-18)21(27-23)17-30-12-14-31(15-13-30)20-9-5-8-19(26)16-20/h2-9,16,22-23H,10-15,17H2,1H3,(H,28,33,34). The average Bonchev–Trinajstić information content (AvgIpc) is 3.21. The second kappa shape index (κ2) is 9.64. The van der Waals surface area contributed by atoms with E-state index in [2.05, 4.69) is 38.2 Å². The van der Waals surface area contributed by atoms with Crippen molar-refractivity contribution >= 4 is 35.1 Å². The van der Waals surface area contributed by atoms with Crippen molar-refractivity contribution < 1.29 is 9.59 Å². The van der Waals surface area contributed by atoms with Crippen LogP contribution < -0.4 is 10.2 Å². The number of carbonyl (C=O) groups is 2. The van der Waals surface area contributed by atoms with Gasteiger partial charge in [0.25, 0.3) is 5.91 Å². The lowest BCUT2D eigenvalue weighted by Gasteiger charge is -2.38. The summed E-state index contributed by atoms with van der Waals surface area (Å²) in [6.07, 6.45) is 0.316. The van der Waals surface area contributed by atoms with E-state index in [-0.39, 0.29) is 5.91 Å². The van der Waals surface area contributed by atoms with Gasteiger partial charge in [0.2, 0.25) is 0 Å². The molecule has 2 saturated heterocycles. The third-order valence-corrected chi connectivity index (χ3v) is 7.08. The van der Waals surface area contributed by atoms with Crippen molar-refractivity contribution in [2.75, 3.05) is 51.2 Å². The van der Waals surface area contributed by atoms with Gasteiger partial charge in [0, 0.05) is 50.5 Å². The van der Waals surface area contributed by atoms with E-state index in [9.17, 15) is 9.59 Å². The number of fused-ring (bicyclic) bond motifs is 1. The molecule has 0 spiro atoms. The van der Waals surface area contributed by atoms with Crippen molar-refractivity contribution in [1.82, 2.24) is 20.0 Å². The molecule has 0 aliphatic carbocycles. The lowest BCUT2D eigenvalue weighted by atomic mass is 10.1. The van der Waals surface area contributed by atoms with E-state index in [1.165, 1.54) is 10.5 Å². The normalized spacial score (nSPS) is 23.1. The lowest BCUT2D eigenvalue weighted by Crippen LogP contribution is -2.64. The van der Waals surface area contributed by atoms with Crippen LogP contribution in [0.15, 0.2) is 59.6 Å². The van der Waals surface area contributed by atoms with Crippen LogP contribution in [0.3, 0.4) is 0 Å². The fourth-order valence-electron chi connectivity index (χ4n) is 4.91. The number of hydrogen-bond donors (Lipinski definition) is 1. The summed E-state index contributed by atoms with van der Waals surface area (Å²) in [5.41, 5.74) is 2.35. The zero-order valence-electron chi connectivity index (χ0n) is 19.2. The van der Waals surface area contributed by atoms with Gasteiger partial charge in [-0.25, -0.2) is 9.79 Å². The number of imide groups is 1. The molecular formula is C25H29ClN6O2. The molecule has 2 fully saturated rings. The van der Waals surface area contributed by atoms with Crippen molar-refractivity contribution in [3.63, 3.8) is 0 Å². The van der Waals surface area contributed by atoms with Crippen LogP contribution in [0, 0.1) is 0 Å². The highest BCUT2D eigenvalue weighted by Gasteiger charge is 2.48. The second-order valence-corrected chi connectivity index (χ2v) is 9.42. The molecule has 3 heterocycles. The fourth-order valence-corrected chi connectivity index (χ4v) is 5.10. The number of carbonyl (C=O) groups excluding carboxylic acids is 2. The molecular weight excluding hydrogens is 452 g/mol. The van der Waals surface area contributed by atoms with Crippen molar-refractivity contribution in [1.29, 1.82) is 0 Å². The molecule has 2 unspecified atom stereocenters. The number of benzene rings is 2. The molecule has 8 nitrogen and oxygen atoms in total. The summed E-state index contributed by atoms with van der Waals surface area (Å²) in [6, 6.07) is 17.3. The number of amides is 3. The van der Waals surface area contributed by atoms with Gasteiger partial charge in [-0.2, -0.15) is 0 Å². The Hall–Kier alpha value is -3.10. The van der Waals surface area contributed by atoms with E-state index < -0.39 is 18.2 Å². The molecule has 3 aliphatic heterocycles. The summed E-state index contributed by atoms with van der Waals surface area (Å²) in [4.78, 5) is 38.2. The Morgan fingerprint density at radius 2 is 1.79 bits per heavy atom. The van der Waals surface area contributed by atoms with Crippen molar-refractivity contribution in [3.05, 3.63) is 65.2 Å². The van der Waals surface area contributed by atoms with Crippen molar-refractivity contribution in [2.45, 2.75) is 18.6 Å². The molecule has 2 atom stereocenters. The van der Waals surface area contributed by atoms with E-state index in [1.54, 1.807) is 7.05 Å². The van der Waals surface area contributed by atoms with E-state index >= 15 is 0 Å². The van der Waals surface area contributed by atoms with Crippen molar-refractivity contribution in [3.8, 4) is 0 Å². The van der Waals surface area contributed by atoms with Gasteiger partial charge >= 0.3 is 6.03 Å². The molecule has 3 amide bonds. The molecule has 34 heavy (non-hydrogen) atoms. The zero-order chi connectivity index (χ0) is 23.7. The molecule has 0 bridgehead atoms. The minimum absolute atomic E-state index is 0.273. The van der Waals surface area contributed by atoms with E-state index in [1.807, 2.05) is 36.4 Å². The summed E-state index contributed by atoms with van der Waals surface area (Å²) >= 11 is 6.17. The Bertz CT molecular complexity index is 1090. The van der Waals surface area contributed by atoms with Crippen LogP contribution in [-0.2, 0) is 11.2 Å². The summed E-state index contributed by atoms with van der Waals surface area (Å²) in [5, 5.41) is 3.23. The Balaban J connectivity index is 1.29. The minimum atomic E-state index is -0.492. The Morgan fingerprint density at radius 3 is 2.53 bits per heavy atom. The largest absolute Gasteiger partial charge is 0.369 e. The number of nitrogens with zero attached hydrogens (tertiary/aromatic N) is 5. The summed E-state index contributed by atoms with van der Waals surface area (Å²) in [5.74, 6) is 0.601. The monoisotopic (exact) mass is 480 g/mol. The third-order valence-electron chi connectivity index (χ3n) is 6.84. The van der Waals surface area contributed by atoms with Crippen LogP contribution in [0.4, 0.5) is 10.5 Å². The highest BCUT2D eigenvalue weighted by atomic mass is 35.5. The molecule has 2 aromatic carbocycles. The van der Waals surface area contributed by atoms with Gasteiger partial charge in [0.05, 0.1) is 6.54 Å². The fraction of sp³-hybridized carbons (Fsp3) is 0.400. The van der Waals surface area contributed by atoms with Crippen LogP contribution in [0.5, 0.6) is 0 Å². The second-order valence-electron chi connectivity index (χ2n) is 8.98. The first-order valence-corrected chi connectivity index (χ1v) is 12.0. The maximum Gasteiger partial charge on any atom is 0.325 e. The minimum Gasteiger partial charge on any atom is -0.369 e. The van der Waals surface area contributed by atoms with Gasteiger partial charge < -0.3 is 14.7 Å². The molecule has 3 aliphatic rings. The van der Waals surface area contributed by atoms with Crippen LogP contribution in [0.25, 0.3) is 0 Å². The van der Waals surface area contributed by atoms with E-state index in [4.69, 9.17) is 16.6 Å². The van der Waals surface area contributed by atoms with Crippen LogP contribution in [0.2, 0.25) is 5.02 Å². The molecule has 0 saturated carbocycles. The molecule has 9 heteroatoms. The molecule has 5 rings (SSSR count). The quantitative estimate of drug-likeness (QED) is 0.687. The molecule has 0 aromatic heterocycles. The molecule has 178 valence electrons. The van der Waals surface area contributed by atoms with E-state index in [0.717, 1.165) is 49.1 Å². The highest BCUT2D eigenvalue weighted by Crippen LogP contribution is 2.26. The first-order valence-electron chi connectivity index (χ1n) is 11.7. The summed E-state index contributed by atoms with van der Waals surface area (Å²) < 4.78 is 0. The predicted molar refractivity (Wildman–Crippen MR) is 133 cm³/mol. The lowest BCUT2D eigenvalue weighted by molar-refractivity contribution is -0.127. The highest BCUT2D eigenvalue weighted by molar-refractivity contribution is 6.30. The zero-order valence-corrected chi connectivity index (χ0v) is 20.0. The number of aliphatic imine (C=N–C) groups is 1. The van der Waals surface area contributed by atoms with Gasteiger partial charge in [-0.05, 0) is 30.2 Å². The van der Waals surface area contributed by atoms with E-state index in [0.29, 0.717) is 13.1 Å². The average molecular weight is 481 g/mol.